The van der Waals surface area contributed by atoms with Crippen LogP contribution in [0, 0.1) is 11.8 Å². The average Bonchev–Trinajstić information content (AvgIpc) is 2.54. The third-order valence-corrected chi connectivity index (χ3v) is 5.12. The molecule has 0 bridgehead atoms. The van der Waals surface area contributed by atoms with Crippen molar-refractivity contribution in [1.29, 1.82) is 0 Å². The Balaban J connectivity index is 1.90. The molecule has 0 aromatic heterocycles. The van der Waals surface area contributed by atoms with E-state index in [1.807, 2.05) is 11.8 Å². The molecule has 1 amide bonds. The van der Waals surface area contributed by atoms with Gasteiger partial charge in [0.15, 0.2) is 5.11 Å². The molecule has 5 heteroatoms. The van der Waals surface area contributed by atoms with Gasteiger partial charge < -0.3 is 10.6 Å². The zero-order valence-electron chi connectivity index (χ0n) is 9.08. The van der Waals surface area contributed by atoms with Crippen molar-refractivity contribution in [2.24, 2.45) is 11.8 Å². The minimum absolute atomic E-state index is 0.0131. The monoisotopic (exact) mass is 254 g/mol. The number of thiocarbonyl (C=S) groups is 1. The van der Waals surface area contributed by atoms with Gasteiger partial charge in [-0.1, -0.05) is 6.92 Å². The van der Waals surface area contributed by atoms with Crippen molar-refractivity contribution < 1.29 is 4.79 Å². The van der Waals surface area contributed by atoms with Crippen LogP contribution in [0.4, 0.5) is 0 Å². The van der Waals surface area contributed by atoms with E-state index in [-0.39, 0.29) is 17.2 Å². The molecule has 16 heavy (non-hydrogen) atoms. The average molecular weight is 254 g/mol. The van der Waals surface area contributed by atoms with E-state index in [0.717, 1.165) is 18.8 Å². The number of amides is 1. The van der Waals surface area contributed by atoms with Crippen LogP contribution in [0.2, 0.25) is 0 Å². The second kappa shape index (κ2) is 3.74. The van der Waals surface area contributed by atoms with Crippen molar-refractivity contribution >= 4 is 35.0 Å². The summed E-state index contributed by atoms with van der Waals surface area (Å²) in [6, 6.07) is 0. The summed E-state index contributed by atoms with van der Waals surface area (Å²) < 4.78 is 0. The number of nitrogens with one attached hydrogen (secondary N) is 2. The van der Waals surface area contributed by atoms with Crippen molar-refractivity contribution in [3.63, 3.8) is 0 Å². The van der Waals surface area contributed by atoms with Gasteiger partial charge in [-0.25, -0.2) is 0 Å². The molecule has 2 N–H and O–H groups in total. The Kier molecular flexibility index (Phi) is 2.47. The van der Waals surface area contributed by atoms with Crippen molar-refractivity contribution in [3.8, 4) is 0 Å². The fourth-order valence-corrected chi connectivity index (χ4v) is 4.68. The van der Waals surface area contributed by atoms with Gasteiger partial charge in [0.25, 0.3) is 0 Å². The van der Waals surface area contributed by atoms with Crippen LogP contribution >= 0.6 is 24.0 Å². The molecule has 2 heterocycles. The van der Waals surface area contributed by atoms with Gasteiger partial charge in [-0.15, -0.1) is 11.8 Å². The molecule has 3 nitrogen and oxygen atoms in total. The molecular formula is C11H14N2OS2. The lowest BCUT2D eigenvalue weighted by atomic mass is 9.84. The molecule has 0 aromatic rings. The van der Waals surface area contributed by atoms with E-state index in [2.05, 4.69) is 17.6 Å². The molecule has 0 radical (unpaired) electrons. The molecule has 0 aromatic carbocycles. The maximum absolute atomic E-state index is 11.9. The van der Waals surface area contributed by atoms with Gasteiger partial charge in [0.05, 0.1) is 11.3 Å². The van der Waals surface area contributed by atoms with Crippen molar-refractivity contribution in [1.82, 2.24) is 10.6 Å². The quantitative estimate of drug-likeness (QED) is 0.646. The normalized spacial score (nSPS) is 37.7. The number of carbonyl (C=O) groups excluding carboxylic acids is 1. The largest absolute Gasteiger partial charge is 0.349 e. The molecule has 3 rings (SSSR count). The summed E-state index contributed by atoms with van der Waals surface area (Å²) in [4.78, 5) is 13.4. The maximum Gasteiger partial charge on any atom is 0.236 e. The fourth-order valence-electron chi connectivity index (χ4n) is 2.71. The van der Waals surface area contributed by atoms with Crippen LogP contribution in [0.15, 0.2) is 10.5 Å². The van der Waals surface area contributed by atoms with Gasteiger partial charge in [0.2, 0.25) is 5.91 Å². The Morgan fingerprint density at radius 3 is 3.12 bits per heavy atom. The SMILES string of the molecule is C[C@@H]1CCC2=C(C1)S[C@H]1NC(=S)NC(=O)[C@H]21. The Morgan fingerprint density at radius 2 is 2.31 bits per heavy atom. The highest BCUT2D eigenvalue weighted by molar-refractivity contribution is 8.04. The maximum atomic E-state index is 11.9. The lowest BCUT2D eigenvalue weighted by molar-refractivity contribution is -0.123. The van der Waals surface area contributed by atoms with E-state index in [1.54, 1.807) is 0 Å². The van der Waals surface area contributed by atoms with Gasteiger partial charge in [-0.05, 0) is 47.9 Å². The van der Waals surface area contributed by atoms with Gasteiger partial charge in [0, 0.05) is 0 Å². The predicted molar refractivity (Wildman–Crippen MR) is 68.8 cm³/mol. The number of carbonyl (C=O) groups is 1. The second-order valence-corrected chi connectivity index (χ2v) is 6.42. The van der Waals surface area contributed by atoms with E-state index in [4.69, 9.17) is 12.2 Å². The highest BCUT2D eigenvalue weighted by atomic mass is 32.2. The number of rotatable bonds is 0. The van der Waals surface area contributed by atoms with Crippen LogP contribution < -0.4 is 10.6 Å². The van der Waals surface area contributed by atoms with Crippen LogP contribution in [-0.4, -0.2) is 16.4 Å². The Morgan fingerprint density at radius 1 is 1.50 bits per heavy atom. The molecule has 1 fully saturated rings. The third-order valence-electron chi connectivity index (χ3n) is 3.54. The predicted octanol–water partition coefficient (Wildman–Crippen LogP) is 1.75. The van der Waals surface area contributed by atoms with Crippen LogP contribution in [0.3, 0.4) is 0 Å². The minimum Gasteiger partial charge on any atom is -0.349 e. The molecule has 0 unspecified atom stereocenters. The van der Waals surface area contributed by atoms with E-state index in [0.29, 0.717) is 5.11 Å². The highest BCUT2D eigenvalue weighted by Crippen LogP contribution is 2.49. The lowest BCUT2D eigenvalue weighted by Crippen LogP contribution is -2.55. The minimum atomic E-state index is 0.0131. The zero-order chi connectivity index (χ0) is 11.3. The van der Waals surface area contributed by atoms with Crippen LogP contribution in [-0.2, 0) is 4.79 Å². The molecule has 3 aliphatic rings. The molecule has 0 saturated carbocycles. The highest BCUT2D eigenvalue weighted by Gasteiger charge is 2.44. The molecule has 1 saturated heterocycles. The van der Waals surface area contributed by atoms with Gasteiger partial charge >= 0.3 is 0 Å². The fraction of sp³-hybridized carbons (Fsp3) is 0.636. The molecular weight excluding hydrogens is 240 g/mol. The van der Waals surface area contributed by atoms with E-state index >= 15 is 0 Å². The first-order valence-corrected chi connectivity index (χ1v) is 6.94. The number of allylic oxidation sites excluding steroid dienone is 1. The Bertz CT molecular complexity index is 405. The van der Waals surface area contributed by atoms with Gasteiger partial charge in [-0.2, -0.15) is 0 Å². The lowest BCUT2D eigenvalue weighted by Gasteiger charge is -2.29. The summed E-state index contributed by atoms with van der Waals surface area (Å²) in [5, 5.41) is 6.56. The zero-order valence-corrected chi connectivity index (χ0v) is 10.7. The van der Waals surface area contributed by atoms with Crippen molar-refractivity contribution in [3.05, 3.63) is 10.5 Å². The number of thioether (sulfide) groups is 1. The van der Waals surface area contributed by atoms with E-state index in [1.165, 1.54) is 16.9 Å². The number of hydrogen-bond donors (Lipinski definition) is 2. The first-order valence-electron chi connectivity index (χ1n) is 5.65. The first kappa shape index (κ1) is 10.6. The molecule has 3 atom stereocenters. The van der Waals surface area contributed by atoms with Crippen molar-refractivity contribution in [2.75, 3.05) is 0 Å². The van der Waals surface area contributed by atoms with Crippen LogP contribution in [0.5, 0.6) is 0 Å². The molecule has 2 aliphatic heterocycles. The van der Waals surface area contributed by atoms with Crippen LogP contribution in [0.25, 0.3) is 0 Å². The summed E-state index contributed by atoms with van der Waals surface area (Å²) in [6.45, 7) is 2.28. The smallest absolute Gasteiger partial charge is 0.236 e. The number of fused-ring (bicyclic) bond motifs is 2. The Hall–Kier alpha value is -0.550. The number of hydrogen-bond acceptors (Lipinski definition) is 3. The summed E-state index contributed by atoms with van der Waals surface area (Å²) >= 11 is 6.83. The van der Waals surface area contributed by atoms with Gasteiger partial charge in [-0.3, -0.25) is 4.79 Å². The summed E-state index contributed by atoms with van der Waals surface area (Å²) in [5.74, 6) is 0.849. The third kappa shape index (κ3) is 1.57. The topological polar surface area (TPSA) is 41.1 Å². The Labute approximate surface area is 104 Å². The first-order chi connectivity index (χ1) is 7.65. The van der Waals surface area contributed by atoms with Crippen molar-refractivity contribution in [2.45, 2.75) is 31.6 Å². The van der Waals surface area contributed by atoms with Crippen LogP contribution in [0.1, 0.15) is 26.2 Å². The summed E-state index contributed by atoms with van der Waals surface area (Å²) in [6.07, 6.45) is 3.42. The van der Waals surface area contributed by atoms with E-state index in [9.17, 15) is 4.79 Å². The van der Waals surface area contributed by atoms with E-state index < -0.39 is 0 Å². The molecule has 86 valence electrons. The molecule has 1 aliphatic carbocycles. The molecule has 0 spiro atoms. The standard InChI is InChI=1S/C11H14N2OS2/c1-5-2-3-6-7(4-5)16-10-8(6)9(14)12-11(15)13-10/h5,8,10H,2-4H2,1H3,(H2,12,13,14,15)/t5-,8+,10-/m1/s1. The summed E-state index contributed by atoms with van der Waals surface area (Å²) in [7, 11) is 0. The second-order valence-electron chi connectivity index (χ2n) is 4.78. The summed E-state index contributed by atoms with van der Waals surface area (Å²) in [5.41, 5.74) is 1.36. The van der Waals surface area contributed by atoms with Gasteiger partial charge in [0.1, 0.15) is 0 Å².